The highest BCUT2D eigenvalue weighted by molar-refractivity contribution is 5.60. The molecule has 3 rings (SSSR count). The van der Waals surface area contributed by atoms with Crippen molar-refractivity contribution >= 4 is 6.08 Å². The van der Waals surface area contributed by atoms with Gasteiger partial charge in [0.05, 0.1) is 11.7 Å². The van der Waals surface area contributed by atoms with Crippen molar-refractivity contribution < 1.29 is 18.3 Å². The predicted octanol–water partition coefficient (Wildman–Crippen LogP) is 4.55. The minimum absolute atomic E-state index is 0.331. The fourth-order valence-corrected chi connectivity index (χ4v) is 2.63. The minimum atomic E-state index is -4.34. The van der Waals surface area contributed by atoms with Gasteiger partial charge in [-0.05, 0) is 28.8 Å². The normalized spacial score (nSPS) is 21.1. The zero-order chi connectivity index (χ0) is 15.0. The maximum Gasteiger partial charge on any atom is 0.416 e. The molecule has 2 aromatic carbocycles. The number of hydrogen-bond donors (Lipinski definition) is 1. The standard InChI is InChI=1S/C17H13F3O/c18-17(19,20)13-8-5-12(6-9-13)15-10-7-11-3-1-2-4-14(11)16(15)21/h1-10,15-16,21H/t15-,16-/m0/s1. The predicted molar refractivity (Wildman–Crippen MR) is 74.6 cm³/mol. The lowest BCUT2D eigenvalue weighted by atomic mass is 9.82. The zero-order valence-corrected chi connectivity index (χ0v) is 11.0. The first-order chi connectivity index (χ1) is 9.97. The van der Waals surface area contributed by atoms with Crippen LogP contribution in [0.5, 0.6) is 0 Å². The maximum atomic E-state index is 12.6. The third-order valence-corrected chi connectivity index (χ3v) is 3.76. The van der Waals surface area contributed by atoms with E-state index in [1.807, 2.05) is 36.4 Å². The van der Waals surface area contributed by atoms with Gasteiger partial charge in [-0.15, -0.1) is 0 Å². The molecular weight excluding hydrogens is 277 g/mol. The Labute approximate surface area is 120 Å². The van der Waals surface area contributed by atoms with Gasteiger partial charge in [-0.3, -0.25) is 0 Å². The summed E-state index contributed by atoms with van der Waals surface area (Å²) in [7, 11) is 0. The number of halogens is 3. The Hall–Kier alpha value is -2.07. The van der Waals surface area contributed by atoms with Gasteiger partial charge in [0.1, 0.15) is 0 Å². The van der Waals surface area contributed by atoms with Gasteiger partial charge < -0.3 is 5.11 Å². The van der Waals surface area contributed by atoms with Crippen LogP contribution in [0.15, 0.2) is 54.6 Å². The third-order valence-electron chi connectivity index (χ3n) is 3.76. The quantitative estimate of drug-likeness (QED) is 0.817. The molecule has 0 fully saturated rings. The summed E-state index contributed by atoms with van der Waals surface area (Å²) in [5, 5.41) is 10.4. The molecule has 0 amide bonds. The Morgan fingerprint density at radius 1 is 0.905 bits per heavy atom. The minimum Gasteiger partial charge on any atom is -0.387 e. The van der Waals surface area contributed by atoms with E-state index in [1.54, 1.807) is 0 Å². The molecule has 0 aromatic heterocycles. The number of aliphatic hydroxyl groups excluding tert-OH is 1. The Balaban J connectivity index is 1.92. The van der Waals surface area contributed by atoms with Gasteiger partial charge in [0, 0.05) is 5.92 Å². The molecule has 0 saturated carbocycles. The molecule has 1 aliphatic carbocycles. The van der Waals surface area contributed by atoms with E-state index >= 15 is 0 Å². The fourth-order valence-electron chi connectivity index (χ4n) is 2.63. The van der Waals surface area contributed by atoms with Gasteiger partial charge in [-0.25, -0.2) is 0 Å². The van der Waals surface area contributed by atoms with Crippen LogP contribution in [0.4, 0.5) is 13.2 Å². The van der Waals surface area contributed by atoms with Gasteiger partial charge in [0.2, 0.25) is 0 Å². The first kappa shape index (κ1) is 13.9. The van der Waals surface area contributed by atoms with Crippen LogP contribution < -0.4 is 0 Å². The monoisotopic (exact) mass is 290 g/mol. The molecule has 0 spiro atoms. The summed E-state index contributed by atoms with van der Waals surface area (Å²) in [6.07, 6.45) is -1.37. The van der Waals surface area contributed by atoms with Crippen LogP contribution in [-0.4, -0.2) is 5.11 Å². The molecule has 1 nitrogen and oxygen atoms in total. The van der Waals surface area contributed by atoms with E-state index in [-0.39, 0.29) is 5.92 Å². The molecule has 0 saturated heterocycles. The zero-order valence-electron chi connectivity index (χ0n) is 11.0. The highest BCUT2D eigenvalue weighted by atomic mass is 19.4. The second-order valence-electron chi connectivity index (χ2n) is 5.08. The number of aliphatic hydroxyl groups is 1. The van der Waals surface area contributed by atoms with Gasteiger partial charge in [-0.2, -0.15) is 13.2 Å². The van der Waals surface area contributed by atoms with Crippen molar-refractivity contribution in [2.24, 2.45) is 0 Å². The Bertz CT molecular complexity index is 671. The Morgan fingerprint density at radius 3 is 2.24 bits per heavy atom. The third kappa shape index (κ3) is 2.59. The molecule has 2 aromatic rings. The summed E-state index contributed by atoms with van der Waals surface area (Å²) < 4.78 is 37.7. The van der Waals surface area contributed by atoms with Crippen molar-refractivity contribution in [1.82, 2.24) is 0 Å². The van der Waals surface area contributed by atoms with E-state index in [0.29, 0.717) is 5.56 Å². The molecule has 0 radical (unpaired) electrons. The summed E-state index contributed by atoms with van der Waals surface area (Å²) in [4.78, 5) is 0. The maximum absolute atomic E-state index is 12.6. The van der Waals surface area contributed by atoms with Crippen molar-refractivity contribution in [2.75, 3.05) is 0 Å². The molecule has 4 heteroatoms. The lowest BCUT2D eigenvalue weighted by molar-refractivity contribution is -0.137. The van der Waals surface area contributed by atoms with Crippen molar-refractivity contribution in [2.45, 2.75) is 18.2 Å². The topological polar surface area (TPSA) is 20.2 Å². The van der Waals surface area contributed by atoms with E-state index in [0.717, 1.165) is 23.3 Å². The molecular formula is C17H13F3O. The average Bonchev–Trinajstić information content (AvgIpc) is 2.47. The summed E-state index contributed by atoms with van der Waals surface area (Å²) in [5.74, 6) is -0.331. The van der Waals surface area contributed by atoms with Gasteiger partial charge in [0.15, 0.2) is 0 Å². The van der Waals surface area contributed by atoms with Gasteiger partial charge in [0.25, 0.3) is 0 Å². The van der Waals surface area contributed by atoms with Crippen LogP contribution in [-0.2, 0) is 6.18 Å². The number of rotatable bonds is 1. The van der Waals surface area contributed by atoms with Gasteiger partial charge in [-0.1, -0.05) is 48.6 Å². The smallest absolute Gasteiger partial charge is 0.387 e. The SMILES string of the molecule is O[C@H]1c2ccccc2C=C[C@H]1c1ccc(C(F)(F)F)cc1. The summed E-state index contributed by atoms with van der Waals surface area (Å²) in [6.45, 7) is 0. The largest absolute Gasteiger partial charge is 0.416 e. The van der Waals surface area contributed by atoms with E-state index < -0.39 is 17.8 Å². The number of fused-ring (bicyclic) bond motifs is 1. The highest BCUT2D eigenvalue weighted by Gasteiger charge is 2.31. The van der Waals surface area contributed by atoms with Crippen LogP contribution in [0.3, 0.4) is 0 Å². The van der Waals surface area contributed by atoms with Crippen LogP contribution in [0, 0.1) is 0 Å². The van der Waals surface area contributed by atoms with Crippen LogP contribution >= 0.6 is 0 Å². The summed E-state index contributed by atoms with van der Waals surface area (Å²) in [5.41, 5.74) is 1.72. The van der Waals surface area contributed by atoms with E-state index in [4.69, 9.17) is 0 Å². The highest BCUT2D eigenvalue weighted by Crippen LogP contribution is 2.39. The van der Waals surface area contributed by atoms with Crippen molar-refractivity contribution in [1.29, 1.82) is 0 Å². The molecule has 0 heterocycles. The van der Waals surface area contributed by atoms with Crippen LogP contribution in [0.1, 0.15) is 34.3 Å². The second-order valence-corrected chi connectivity index (χ2v) is 5.08. The number of benzene rings is 2. The molecule has 0 unspecified atom stereocenters. The molecule has 1 N–H and O–H groups in total. The van der Waals surface area contributed by atoms with E-state index in [9.17, 15) is 18.3 Å². The molecule has 0 aliphatic heterocycles. The summed E-state index contributed by atoms with van der Waals surface area (Å²) >= 11 is 0. The van der Waals surface area contributed by atoms with Crippen LogP contribution in [0.25, 0.3) is 6.08 Å². The summed E-state index contributed by atoms with van der Waals surface area (Å²) in [6, 6.07) is 12.4. The van der Waals surface area contributed by atoms with Crippen molar-refractivity contribution in [3.8, 4) is 0 Å². The molecule has 2 atom stereocenters. The molecule has 0 bridgehead atoms. The van der Waals surface area contributed by atoms with Crippen molar-refractivity contribution in [3.63, 3.8) is 0 Å². The lowest BCUT2D eigenvalue weighted by Crippen LogP contribution is -2.14. The molecule has 1 aliphatic rings. The molecule has 21 heavy (non-hydrogen) atoms. The van der Waals surface area contributed by atoms with Crippen LogP contribution in [0.2, 0.25) is 0 Å². The Kier molecular flexibility index (Phi) is 3.33. The molecule has 108 valence electrons. The average molecular weight is 290 g/mol. The van der Waals surface area contributed by atoms with Crippen molar-refractivity contribution in [3.05, 3.63) is 76.9 Å². The lowest BCUT2D eigenvalue weighted by Gasteiger charge is -2.26. The first-order valence-corrected chi connectivity index (χ1v) is 6.59. The number of alkyl halides is 3. The van der Waals surface area contributed by atoms with E-state index in [1.165, 1.54) is 12.1 Å². The van der Waals surface area contributed by atoms with E-state index in [2.05, 4.69) is 0 Å². The first-order valence-electron chi connectivity index (χ1n) is 6.59. The fraction of sp³-hybridized carbons (Fsp3) is 0.176. The van der Waals surface area contributed by atoms with Gasteiger partial charge >= 0.3 is 6.18 Å². The second kappa shape index (κ2) is 5.04. The number of hydrogen-bond acceptors (Lipinski definition) is 1. The Morgan fingerprint density at radius 2 is 1.57 bits per heavy atom.